The molecule has 8 heteroatoms. The molecule has 1 saturated heterocycles. The van der Waals surface area contributed by atoms with Gasteiger partial charge in [-0.3, -0.25) is 9.80 Å². The molecule has 0 bridgehead atoms. The van der Waals surface area contributed by atoms with Crippen LogP contribution in [0.25, 0.3) is 0 Å². The van der Waals surface area contributed by atoms with E-state index in [1.807, 2.05) is 13.8 Å². The Morgan fingerprint density at radius 2 is 1.82 bits per heavy atom. The van der Waals surface area contributed by atoms with Gasteiger partial charge in [0.05, 0.1) is 11.8 Å². The highest BCUT2D eigenvalue weighted by molar-refractivity contribution is 7.90. The van der Waals surface area contributed by atoms with E-state index in [0.29, 0.717) is 12.4 Å². The lowest BCUT2D eigenvalue weighted by molar-refractivity contribution is 0.0917. The molecule has 2 heterocycles. The molecule has 0 aromatic carbocycles. The minimum atomic E-state index is -2.89. The standard InChI is InChI=1S/C14H26N4O3S/c1-11(2)13-15-14(21-16-13)12(3)18-7-5-17(6-8-18)9-10-22(4,19)20/h11-12H,5-10H2,1-4H3/t12-/m0/s1. The quantitative estimate of drug-likeness (QED) is 0.767. The van der Waals surface area contributed by atoms with Crippen molar-refractivity contribution in [3.05, 3.63) is 11.7 Å². The van der Waals surface area contributed by atoms with Crippen molar-refractivity contribution >= 4 is 9.84 Å². The Hall–Kier alpha value is -0.990. The number of piperazine rings is 1. The summed E-state index contributed by atoms with van der Waals surface area (Å²) < 4.78 is 27.8. The second-order valence-corrected chi connectivity index (χ2v) is 8.59. The van der Waals surface area contributed by atoms with Crippen molar-refractivity contribution in [3.63, 3.8) is 0 Å². The first-order valence-corrected chi connectivity index (χ1v) is 9.80. The minimum Gasteiger partial charge on any atom is -0.338 e. The lowest BCUT2D eigenvalue weighted by atomic mass is 10.2. The molecule has 0 spiro atoms. The maximum atomic E-state index is 11.2. The summed E-state index contributed by atoms with van der Waals surface area (Å²) in [6.45, 7) is 10.3. The zero-order chi connectivity index (χ0) is 16.3. The van der Waals surface area contributed by atoms with E-state index in [4.69, 9.17) is 4.52 Å². The zero-order valence-electron chi connectivity index (χ0n) is 13.8. The van der Waals surface area contributed by atoms with Crippen molar-refractivity contribution in [1.82, 2.24) is 19.9 Å². The van der Waals surface area contributed by atoms with Gasteiger partial charge in [0.2, 0.25) is 5.89 Å². The third-order valence-corrected chi connectivity index (χ3v) is 4.99. The van der Waals surface area contributed by atoms with E-state index >= 15 is 0 Å². The molecule has 7 nitrogen and oxygen atoms in total. The van der Waals surface area contributed by atoms with E-state index in [1.165, 1.54) is 6.26 Å². The topological polar surface area (TPSA) is 79.5 Å². The summed E-state index contributed by atoms with van der Waals surface area (Å²) >= 11 is 0. The Bertz CT molecular complexity index is 577. The van der Waals surface area contributed by atoms with Crippen LogP contribution >= 0.6 is 0 Å². The predicted molar refractivity (Wildman–Crippen MR) is 84.5 cm³/mol. The summed E-state index contributed by atoms with van der Waals surface area (Å²) in [5.74, 6) is 1.89. The molecule has 1 atom stereocenters. The largest absolute Gasteiger partial charge is 0.338 e. The first-order valence-electron chi connectivity index (χ1n) is 7.74. The van der Waals surface area contributed by atoms with Crippen LogP contribution in [0.5, 0.6) is 0 Å². The van der Waals surface area contributed by atoms with Crippen molar-refractivity contribution in [2.45, 2.75) is 32.7 Å². The number of aromatic nitrogens is 2. The fourth-order valence-electron chi connectivity index (χ4n) is 2.48. The number of hydrogen-bond acceptors (Lipinski definition) is 7. The van der Waals surface area contributed by atoms with Gasteiger partial charge >= 0.3 is 0 Å². The molecule has 1 aliphatic heterocycles. The molecule has 126 valence electrons. The smallest absolute Gasteiger partial charge is 0.243 e. The van der Waals surface area contributed by atoms with Crippen LogP contribution < -0.4 is 0 Å². The first kappa shape index (κ1) is 17.4. The van der Waals surface area contributed by atoms with Crippen LogP contribution in [0.2, 0.25) is 0 Å². The molecule has 22 heavy (non-hydrogen) atoms. The van der Waals surface area contributed by atoms with Gasteiger partial charge in [0.1, 0.15) is 9.84 Å². The van der Waals surface area contributed by atoms with Crippen LogP contribution in [0, 0.1) is 0 Å². The SMILES string of the molecule is CC(C)c1noc([C@H](C)N2CCN(CCS(C)(=O)=O)CC2)n1. The summed E-state index contributed by atoms with van der Waals surface area (Å²) in [5, 5.41) is 4.01. The third kappa shape index (κ3) is 4.76. The summed E-state index contributed by atoms with van der Waals surface area (Å²) in [6, 6.07) is 0.0945. The van der Waals surface area contributed by atoms with E-state index < -0.39 is 9.84 Å². The lowest BCUT2D eigenvalue weighted by Crippen LogP contribution is -2.48. The van der Waals surface area contributed by atoms with E-state index in [0.717, 1.165) is 32.0 Å². The van der Waals surface area contributed by atoms with Crippen LogP contribution in [0.4, 0.5) is 0 Å². The first-order chi connectivity index (χ1) is 10.3. The van der Waals surface area contributed by atoms with Gasteiger partial charge in [-0.15, -0.1) is 0 Å². The number of rotatable bonds is 6. The van der Waals surface area contributed by atoms with Crippen LogP contribution in [-0.4, -0.2) is 73.1 Å². The predicted octanol–water partition coefficient (Wildman–Crippen LogP) is 0.916. The second kappa shape index (κ2) is 7.06. The highest BCUT2D eigenvalue weighted by Gasteiger charge is 2.26. The van der Waals surface area contributed by atoms with E-state index in [2.05, 4.69) is 26.9 Å². The molecule has 0 N–H and O–H groups in total. The van der Waals surface area contributed by atoms with Gasteiger partial charge in [-0.25, -0.2) is 8.42 Å². The van der Waals surface area contributed by atoms with Crippen molar-refractivity contribution < 1.29 is 12.9 Å². The fraction of sp³-hybridized carbons (Fsp3) is 0.857. The fourth-order valence-corrected chi connectivity index (χ4v) is 3.07. The maximum absolute atomic E-state index is 11.2. The average Bonchev–Trinajstić information content (AvgIpc) is 2.94. The maximum Gasteiger partial charge on any atom is 0.243 e. The van der Waals surface area contributed by atoms with Gasteiger partial charge in [0.25, 0.3) is 0 Å². The average molecular weight is 330 g/mol. The Balaban J connectivity index is 1.85. The summed E-state index contributed by atoms with van der Waals surface area (Å²) in [6.07, 6.45) is 1.28. The monoisotopic (exact) mass is 330 g/mol. The highest BCUT2D eigenvalue weighted by Crippen LogP contribution is 2.21. The van der Waals surface area contributed by atoms with Crippen molar-refractivity contribution in [2.75, 3.05) is 44.7 Å². The van der Waals surface area contributed by atoms with E-state index in [1.54, 1.807) is 0 Å². The number of sulfone groups is 1. The summed E-state index contributed by atoms with van der Waals surface area (Å²) in [7, 11) is -2.89. The van der Waals surface area contributed by atoms with Gasteiger partial charge in [-0.05, 0) is 6.92 Å². The highest BCUT2D eigenvalue weighted by atomic mass is 32.2. The molecule has 1 aromatic rings. The number of hydrogen-bond donors (Lipinski definition) is 0. The van der Waals surface area contributed by atoms with Gasteiger partial charge in [-0.2, -0.15) is 4.98 Å². The normalized spacial score (nSPS) is 19.7. The van der Waals surface area contributed by atoms with Gasteiger partial charge < -0.3 is 4.52 Å². The van der Waals surface area contributed by atoms with Crippen molar-refractivity contribution in [3.8, 4) is 0 Å². The van der Waals surface area contributed by atoms with Crippen LogP contribution in [0.1, 0.15) is 44.4 Å². The molecule has 0 unspecified atom stereocenters. The van der Waals surface area contributed by atoms with Crippen molar-refractivity contribution in [2.24, 2.45) is 0 Å². The molecule has 1 aliphatic rings. The Kier molecular flexibility index (Phi) is 5.57. The van der Waals surface area contributed by atoms with Crippen molar-refractivity contribution in [1.29, 1.82) is 0 Å². The summed E-state index contributed by atoms with van der Waals surface area (Å²) in [4.78, 5) is 8.95. The number of nitrogens with zero attached hydrogens (tertiary/aromatic N) is 4. The molecule has 1 aromatic heterocycles. The molecule has 0 radical (unpaired) electrons. The molecular formula is C14H26N4O3S. The Labute approximate surface area is 132 Å². The van der Waals surface area contributed by atoms with E-state index in [9.17, 15) is 8.42 Å². The Morgan fingerprint density at radius 1 is 1.18 bits per heavy atom. The lowest BCUT2D eigenvalue weighted by Gasteiger charge is -2.36. The van der Waals surface area contributed by atoms with Crippen LogP contribution in [-0.2, 0) is 9.84 Å². The molecular weight excluding hydrogens is 304 g/mol. The molecule has 0 aliphatic carbocycles. The molecule has 2 rings (SSSR count). The molecule has 0 saturated carbocycles. The van der Waals surface area contributed by atoms with Gasteiger partial charge in [0, 0.05) is 44.9 Å². The summed E-state index contributed by atoms with van der Waals surface area (Å²) in [5.41, 5.74) is 0. The van der Waals surface area contributed by atoms with Crippen LogP contribution in [0.3, 0.4) is 0 Å². The molecule has 1 fully saturated rings. The third-order valence-electron chi connectivity index (χ3n) is 4.06. The minimum absolute atomic E-state index is 0.0945. The molecule has 0 amide bonds. The van der Waals surface area contributed by atoms with Gasteiger partial charge in [0.15, 0.2) is 5.82 Å². The second-order valence-electron chi connectivity index (χ2n) is 6.33. The zero-order valence-corrected chi connectivity index (χ0v) is 14.6. The van der Waals surface area contributed by atoms with Gasteiger partial charge in [-0.1, -0.05) is 19.0 Å². The van der Waals surface area contributed by atoms with Crippen LogP contribution in [0.15, 0.2) is 4.52 Å². The van der Waals surface area contributed by atoms with E-state index in [-0.39, 0.29) is 17.7 Å². The Morgan fingerprint density at radius 3 is 2.32 bits per heavy atom.